The molecule has 1 aromatic heterocycles. The van der Waals surface area contributed by atoms with Gasteiger partial charge in [-0.3, -0.25) is 0 Å². The summed E-state index contributed by atoms with van der Waals surface area (Å²) in [6, 6.07) is 5.85. The Morgan fingerprint density at radius 1 is 1.29 bits per heavy atom. The quantitative estimate of drug-likeness (QED) is 0.379. The van der Waals surface area contributed by atoms with Crippen LogP contribution in [-0.2, 0) is 11.0 Å². The fourth-order valence-corrected chi connectivity index (χ4v) is 5.16. The van der Waals surface area contributed by atoms with Gasteiger partial charge < -0.3 is 25.1 Å². The minimum absolute atomic E-state index is 0.00760. The molecular formula is C24H35BClN5O3Si. The average Bonchev–Trinajstić information content (AvgIpc) is 3.20. The maximum atomic E-state index is 9.95. The summed E-state index contributed by atoms with van der Waals surface area (Å²) in [6.07, 6.45) is 4.57. The van der Waals surface area contributed by atoms with Gasteiger partial charge in [-0.25, -0.2) is 4.98 Å². The lowest BCUT2D eigenvalue weighted by Crippen LogP contribution is -2.42. The molecule has 0 radical (unpaired) electrons. The van der Waals surface area contributed by atoms with Gasteiger partial charge in [0.1, 0.15) is 5.82 Å². The summed E-state index contributed by atoms with van der Waals surface area (Å²) in [5.74, 6) is 1.03. The second-order valence-corrected chi connectivity index (χ2v) is 15.9. The Hall–Kier alpha value is -2.16. The van der Waals surface area contributed by atoms with E-state index in [9.17, 15) is 15.3 Å². The van der Waals surface area contributed by atoms with Crippen LogP contribution in [0.1, 0.15) is 51.2 Å². The molecule has 0 unspecified atom stereocenters. The Bertz CT molecular complexity index is 1100. The number of halogens is 1. The molecule has 11 heteroatoms. The molecule has 0 bridgehead atoms. The van der Waals surface area contributed by atoms with Gasteiger partial charge in [-0.15, -0.1) is 0 Å². The summed E-state index contributed by atoms with van der Waals surface area (Å²) in [6.45, 7) is 12.9. The number of hydrogen-bond donors (Lipinski definition) is 4. The van der Waals surface area contributed by atoms with Gasteiger partial charge in [0.05, 0.1) is 18.6 Å². The Kier molecular flexibility index (Phi) is 8.50. The zero-order valence-corrected chi connectivity index (χ0v) is 23.1. The van der Waals surface area contributed by atoms with Crippen LogP contribution in [0.25, 0.3) is 0 Å². The van der Waals surface area contributed by atoms with E-state index in [4.69, 9.17) is 16.0 Å². The largest absolute Gasteiger partial charge is 0.490 e. The SMILES string of the molecule is Cc1cnc(Nc2cc(Cl)c(B(O)O)c(CO[Si](C)(C)C(C)(C)C)c2)nc1N[C@@H]1CCC[C@H]1C#N. The van der Waals surface area contributed by atoms with E-state index in [1.165, 1.54) is 0 Å². The highest BCUT2D eigenvalue weighted by Gasteiger charge is 2.37. The summed E-state index contributed by atoms with van der Waals surface area (Å²) in [5.41, 5.74) is 2.32. The van der Waals surface area contributed by atoms with E-state index in [0.29, 0.717) is 23.0 Å². The van der Waals surface area contributed by atoms with E-state index < -0.39 is 15.4 Å². The van der Waals surface area contributed by atoms with Gasteiger partial charge in [-0.2, -0.15) is 10.2 Å². The van der Waals surface area contributed by atoms with Crippen molar-refractivity contribution in [1.29, 1.82) is 5.26 Å². The molecule has 1 saturated carbocycles. The second-order valence-electron chi connectivity index (χ2n) is 10.7. The standard InChI is InChI=1S/C24H35BClN5O3Si/c1-15-13-28-23(31-22(15)30-20-9-7-8-16(20)12-27)29-18-10-17(21(25(32)33)19(26)11-18)14-34-35(5,6)24(2,3)4/h10-11,13,16,20,32-33H,7-9,14H2,1-6H3,(H2,28,29,30,31)/t16-,20+/m0/s1. The molecule has 4 N–H and O–H groups in total. The first-order valence-electron chi connectivity index (χ1n) is 11.9. The minimum atomic E-state index is -2.08. The van der Waals surface area contributed by atoms with Crippen LogP contribution < -0.4 is 16.1 Å². The van der Waals surface area contributed by atoms with E-state index in [-0.39, 0.29) is 34.1 Å². The molecule has 1 aliphatic carbocycles. The average molecular weight is 516 g/mol. The molecule has 1 aromatic carbocycles. The molecule has 0 aliphatic heterocycles. The molecule has 2 atom stereocenters. The topological polar surface area (TPSA) is 123 Å². The van der Waals surface area contributed by atoms with Crippen molar-refractivity contribution in [2.45, 2.75) is 77.7 Å². The highest BCUT2D eigenvalue weighted by molar-refractivity contribution is 6.74. The second kappa shape index (κ2) is 10.8. The first-order chi connectivity index (χ1) is 16.3. The Labute approximate surface area is 214 Å². The van der Waals surface area contributed by atoms with E-state index >= 15 is 0 Å². The molecule has 0 spiro atoms. The molecule has 2 aromatic rings. The summed E-state index contributed by atoms with van der Waals surface area (Å²) in [4.78, 5) is 9.01. The van der Waals surface area contributed by atoms with Crippen molar-refractivity contribution < 1.29 is 14.5 Å². The smallest absolute Gasteiger partial charge is 0.423 e. The third-order valence-electron chi connectivity index (χ3n) is 7.10. The van der Waals surface area contributed by atoms with Crippen molar-refractivity contribution >= 4 is 50.0 Å². The lowest BCUT2D eigenvalue weighted by molar-refractivity contribution is 0.276. The van der Waals surface area contributed by atoms with Gasteiger partial charge in [0, 0.05) is 34.0 Å². The van der Waals surface area contributed by atoms with Crippen LogP contribution in [-0.4, -0.2) is 41.5 Å². The Morgan fingerprint density at radius 3 is 2.63 bits per heavy atom. The zero-order valence-electron chi connectivity index (χ0n) is 21.3. The summed E-state index contributed by atoms with van der Waals surface area (Å²) < 4.78 is 6.32. The van der Waals surface area contributed by atoms with Crippen LogP contribution >= 0.6 is 11.6 Å². The number of hydrogen-bond acceptors (Lipinski definition) is 8. The van der Waals surface area contributed by atoms with Crippen LogP contribution in [0.5, 0.6) is 0 Å². The molecule has 8 nitrogen and oxygen atoms in total. The molecule has 0 amide bonds. The van der Waals surface area contributed by atoms with E-state index in [0.717, 1.165) is 24.8 Å². The molecule has 3 rings (SSSR count). The van der Waals surface area contributed by atoms with Crippen LogP contribution in [0.3, 0.4) is 0 Å². The van der Waals surface area contributed by atoms with Gasteiger partial charge in [-0.05, 0) is 62.0 Å². The number of aromatic nitrogens is 2. The third kappa shape index (κ3) is 6.54. The predicted molar refractivity (Wildman–Crippen MR) is 144 cm³/mol. The fraction of sp³-hybridized carbons (Fsp3) is 0.542. The normalized spacial score (nSPS) is 18.3. The van der Waals surface area contributed by atoms with Gasteiger partial charge in [0.2, 0.25) is 5.95 Å². The van der Waals surface area contributed by atoms with Gasteiger partial charge in [-0.1, -0.05) is 32.4 Å². The number of anilines is 3. The zero-order chi connectivity index (χ0) is 26.0. The molecule has 1 aliphatic rings. The van der Waals surface area contributed by atoms with Crippen molar-refractivity contribution in [1.82, 2.24) is 9.97 Å². The highest BCUT2D eigenvalue weighted by Crippen LogP contribution is 2.37. The number of nitrogens with zero attached hydrogens (tertiary/aromatic N) is 3. The first-order valence-corrected chi connectivity index (χ1v) is 15.2. The molecule has 1 fully saturated rings. The number of aryl methyl sites for hydroxylation is 1. The molecule has 1 heterocycles. The van der Waals surface area contributed by atoms with Crippen LogP contribution in [0.15, 0.2) is 18.3 Å². The number of benzene rings is 1. The van der Waals surface area contributed by atoms with Crippen LogP contribution in [0.2, 0.25) is 23.2 Å². The molecular weight excluding hydrogens is 481 g/mol. The lowest BCUT2D eigenvalue weighted by atomic mass is 9.77. The maximum Gasteiger partial charge on any atom is 0.490 e. The highest BCUT2D eigenvalue weighted by atomic mass is 35.5. The number of nitriles is 1. The van der Waals surface area contributed by atoms with Crippen molar-refractivity contribution in [2.24, 2.45) is 5.92 Å². The number of nitrogens with one attached hydrogen (secondary N) is 2. The predicted octanol–water partition coefficient (Wildman–Crippen LogP) is 4.49. The van der Waals surface area contributed by atoms with E-state index in [2.05, 4.69) is 60.5 Å². The Balaban J connectivity index is 1.86. The molecule has 188 valence electrons. The van der Waals surface area contributed by atoms with Crippen LogP contribution in [0, 0.1) is 24.2 Å². The van der Waals surface area contributed by atoms with E-state index in [1.807, 2.05) is 6.92 Å². The van der Waals surface area contributed by atoms with Crippen molar-refractivity contribution in [3.05, 3.63) is 34.5 Å². The van der Waals surface area contributed by atoms with Gasteiger partial charge in [0.25, 0.3) is 0 Å². The lowest BCUT2D eigenvalue weighted by Gasteiger charge is -2.36. The van der Waals surface area contributed by atoms with Crippen molar-refractivity contribution in [2.75, 3.05) is 10.6 Å². The van der Waals surface area contributed by atoms with Crippen molar-refractivity contribution in [3.8, 4) is 6.07 Å². The minimum Gasteiger partial charge on any atom is -0.423 e. The molecule has 0 saturated heterocycles. The Morgan fingerprint density at radius 2 is 2.00 bits per heavy atom. The van der Waals surface area contributed by atoms with Gasteiger partial charge in [0.15, 0.2) is 8.32 Å². The fourth-order valence-electron chi connectivity index (χ4n) is 3.87. The summed E-state index contributed by atoms with van der Waals surface area (Å²) >= 11 is 6.45. The third-order valence-corrected chi connectivity index (χ3v) is 11.9. The van der Waals surface area contributed by atoms with Crippen LogP contribution in [0.4, 0.5) is 17.5 Å². The van der Waals surface area contributed by atoms with Gasteiger partial charge >= 0.3 is 7.12 Å². The monoisotopic (exact) mass is 515 g/mol. The van der Waals surface area contributed by atoms with Crippen molar-refractivity contribution in [3.63, 3.8) is 0 Å². The summed E-state index contributed by atoms with van der Waals surface area (Å²) in [5, 5.41) is 36.1. The first kappa shape index (κ1) is 27.4. The number of rotatable bonds is 8. The molecule has 35 heavy (non-hydrogen) atoms. The maximum absolute atomic E-state index is 9.95. The van der Waals surface area contributed by atoms with E-state index in [1.54, 1.807) is 18.3 Å². The summed E-state index contributed by atoms with van der Waals surface area (Å²) in [7, 11) is -3.80.